The summed E-state index contributed by atoms with van der Waals surface area (Å²) in [6.07, 6.45) is 10.7. The number of carbonyl (C=O) groups is 2. The SMILES string of the molecule is CCCCCCCCC(C(=O)O)(C(=O)O)C(CC)CCCCC.[MgH2]. The third-order valence-corrected chi connectivity index (χ3v) is 5.03. The molecule has 24 heavy (non-hydrogen) atoms. The quantitative estimate of drug-likeness (QED) is 0.256. The lowest BCUT2D eigenvalue weighted by molar-refractivity contribution is -0.170. The normalized spacial score (nSPS) is 12.5. The first-order valence-corrected chi connectivity index (χ1v) is 9.44. The van der Waals surface area contributed by atoms with Crippen molar-refractivity contribution >= 4 is 35.0 Å². The van der Waals surface area contributed by atoms with Crippen LogP contribution in [0.2, 0.25) is 0 Å². The first-order chi connectivity index (χ1) is 11.0. The molecule has 0 aromatic carbocycles. The Bertz CT molecular complexity index is 330. The standard InChI is InChI=1S/C19H36O4.Mg.2H/c1-4-7-9-10-11-13-15-19(17(20)21,18(22)23)16(6-3)14-12-8-5-2;;;/h16H,4-15H2,1-3H3,(H,20,21)(H,22,23);;;. The van der Waals surface area contributed by atoms with Crippen molar-refractivity contribution in [2.24, 2.45) is 11.3 Å². The van der Waals surface area contributed by atoms with E-state index in [0.717, 1.165) is 38.5 Å². The van der Waals surface area contributed by atoms with Crippen molar-refractivity contribution in [3.05, 3.63) is 0 Å². The molecule has 5 heteroatoms. The summed E-state index contributed by atoms with van der Waals surface area (Å²) in [5.41, 5.74) is -1.60. The highest BCUT2D eigenvalue weighted by molar-refractivity contribution is 5.98. The van der Waals surface area contributed by atoms with Crippen LogP contribution in [-0.2, 0) is 9.59 Å². The second-order valence-electron chi connectivity index (χ2n) is 6.70. The maximum Gasteiger partial charge on any atom is 0.321 e. The molecule has 0 aromatic heterocycles. The summed E-state index contributed by atoms with van der Waals surface area (Å²) in [4.78, 5) is 23.8. The number of carboxylic acid groups (broad SMARTS) is 2. The molecule has 0 aliphatic heterocycles. The van der Waals surface area contributed by atoms with Gasteiger partial charge in [-0.05, 0) is 18.8 Å². The lowest BCUT2D eigenvalue weighted by atomic mass is 9.68. The summed E-state index contributed by atoms with van der Waals surface area (Å²) < 4.78 is 0. The van der Waals surface area contributed by atoms with E-state index in [0.29, 0.717) is 19.3 Å². The zero-order valence-corrected chi connectivity index (χ0v) is 15.3. The molecule has 2 N–H and O–H groups in total. The van der Waals surface area contributed by atoms with E-state index in [4.69, 9.17) is 0 Å². The third kappa shape index (κ3) is 8.19. The summed E-state index contributed by atoms with van der Waals surface area (Å²) in [5.74, 6) is -2.58. The molecule has 0 saturated carbocycles. The van der Waals surface area contributed by atoms with Crippen LogP contribution >= 0.6 is 0 Å². The van der Waals surface area contributed by atoms with Crippen molar-refractivity contribution in [1.82, 2.24) is 0 Å². The minimum absolute atomic E-state index is 0. The Balaban J connectivity index is 0. The molecule has 0 radical (unpaired) electrons. The highest BCUT2D eigenvalue weighted by Gasteiger charge is 2.51. The second kappa shape index (κ2) is 15.0. The summed E-state index contributed by atoms with van der Waals surface area (Å²) in [6.45, 7) is 6.17. The first-order valence-electron chi connectivity index (χ1n) is 9.44. The first kappa shape index (κ1) is 25.9. The number of aliphatic carboxylic acids is 2. The van der Waals surface area contributed by atoms with Crippen LogP contribution in [0.25, 0.3) is 0 Å². The fourth-order valence-corrected chi connectivity index (χ4v) is 3.48. The average Bonchev–Trinajstić information content (AvgIpc) is 2.51. The van der Waals surface area contributed by atoms with E-state index in [1.807, 2.05) is 6.92 Å². The number of unbranched alkanes of at least 4 members (excludes halogenated alkanes) is 7. The molecular weight excluding hydrogens is 317 g/mol. The molecule has 0 saturated heterocycles. The Labute approximate surface area is 163 Å². The lowest BCUT2D eigenvalue weighted by Crippen LogP contribution is -2.45. The van der Waals surface area contributed by atoms with Crippen LogP contribution in [0.5, 0.6) is 0 Å². The lowest BCUT2D eigenvalue weighted by Gasteiger charge is -2.33. The Kier molecular flexibility index (Phi) is 16.2. The van der Waals surface area contributed by atoms with Crippen LogP contribution < -0.4 is 0 Å². The molecule has 0 aliphatic rings. The van der Waals surface area contributed by atoms with E-state index < -0.39 is 17.4 Å². The molecule has 1 atom stereocenters. The maximum atomic E-state index is 11.9. The van der Waals surface area contributed by atoms with Crippen molar-refractivity contribution < 1.29 is 19.8 Å². The second-order valence-corrected chi connectivity index (χ2v) is 6.70. The highest BCUT2D eigenvalue weighted by Crippen LogP contribution is 2.40. The van der Waals surface area contributed by atoms with Crippen molar-refractivity contribution in [3.63, 3.8) is 0 Å². The van der Waals surface area contributed by atoms with Gasteiger partial charge in [0.25, 0.3) is 0 Å². The molecule has 0 bridgehead atoms. The van der Waals surface area contributed by atoms with Gasteiger partial charge in [-0.3, -0.25) is 9.59 Å². The number of hydrogen-bond donors (Lipinski definition) is 2. The van der Waals surface area contributed by atoms with Gasteiger partial charge in [-0.15, -0.1) is 0 Å². The summed E-state index contributed by atoms with van der Waals surface area (Å²) in [5, 5.41) is 19.4. The monoisotopic (exact) mass is 354 g/mol. The molecule has 0 fully saturated rings. The Hall–Kier alpha value is -0.294. The van der Waals surface area contributed by atoms with Gasteiger partial charge in [-0.1, -0.05) is 85.0 Å². The van der Waals surface area contributed by atoms with Gasteiger partial charge < -0.3 is 10.2 Å². The van der Waals surface area contributed by atoms with Crippen LogP contribution in [0.15, 0.2) is 0 Å². The molecule has 0 heterocycles. The van der Waals surface area contributed by atoms with E-state index >= 15 is 0 Å². The zero-order valence-electron chi connectivity index (χ0n) is 15.3. The molecule has 1 unspecified atom stereocenters. The molecule has 0 aliphatic carbocycles. The van der Waals surface area contributed by atoms with Gasteiger partial charge in [0.05, 0.1) is 0 Å². The molecule has 0 aromatic rings. The van der Waals surface area contributed by atoms with Gasteiger partial charge in [0, 0.05) is 0 Å². The zero-order chi connectivity index (χ0) is 17.7. The smallest absolute Gasteiger partial charge is 0.321 e. The predicted molar refractivity (Wildman–Crippen MR) is 102 cm³/mol. The largest absolute Gasteiger partial charge is 0.480 e. The molecule has 0 amide bonds. The summed E-state index contributed by atoms with van der Waals surface area (Å²) in [7, 11) is 0. The van der Waals surface area contributed by atoms with Crippen LogP contribution in [0, 0.1) is 11.3 Å². The summed E-state index contributed by atoms with van der Waals surface area (Å²) >= 11 is 0. The minimum Gasteiger partial charge on any atom is -0.480 e. The van der Waals surface area contributed by atoms with Gasteiger partial charge in [0.15, 0.2) is 5.41 Å². The fourth-order valence-electron chi connectivity index (χ4n) is 3.48. The van der Waals surface area contributed by atoms with Crippen molar-refractivity contribution in [1.29, 1.82) is 0 Å². The van der Waals surface area contributed by atoms with Gasteiger partial charge >= 0.3 is 35.0 Å². The van der Waals surface area contributed by atoms with E-state index in [9.17, 15) is 19.8 Å². The van der Waals surface area contributed by atoms with Crippen molar-refractivity contribution in [2.75, 3.05) is 0 Å². The number of carboxylic acids is 2. The van der Waals surface area contributed by atoms with Gasteiger partial charge in [0.1, 0.15) is 0 Å². The van der Waals surface area contributed by atoms with Crippen molar-refractivity contribution in [2.45, 2.75) is 97.8 Å². The van der Waals surface area contributed by atoms with Crippen LogP contribution in [0.3, 0.4) is 0 Å². The molecule has 0 rings (SSSR count). The van der Waals surface area contributed by atoms with Crippen LogP contribution in [0.1, 0.15) is 97.8 Å². The van der Waals surface area contributed by atoms with Crippen molar-refractivity contribution in [3.8, 4) is 0 Å². The van der Waals surface area contributed by atoms with E-state index in [-0.39, 0.29) is 35.4 Å². The predicted octanol–water partition coefficient (Wildman–Crippen LogP) is 4.58. The van der Waals surface area contributed by atoms with Gasteiger partial charge in [-0.2, -0.15) is 0 Å². The van der Waals surface area contributed by atoms with E-state index in [1.54, 1.807) is 0 Å². The molecular formula is C19H38MgO4. The Morgan fingerprint density at radius 2 is 1.25 bits per heavy atom. The van der Waals surface area contributed by atoms with Gasteiger partial charge in [-0.25, -0.2) is 0 Å². The van der Waals surface area contributed by atoms with E-state index in [2.05, 4.69) is 13.8 Å². The van der Waals surface area contributed by atoms with Gasteiger partial charge in [0.2, 0.25) is 0 Å². The molecule has 0 spiro atoms. The topological polar surface area (TPSA) is 74.6 Å². The minimum atomic E-state index is -1.60. The molecule has 140 valence electrons. The van der Waals surface area contributed by atoms with Crippen LogP contribution in [0.4, 0.5) is 0 Å². The van der Waals surface area contributed by atoms with Crippen LogP contribution in [-0.4, -0.2) is 45.2 Å². The average molecular weight is 355 g/mol. The fraction of sp³-hybridized carbons (Fsp3) is 0.895. The highest BCUT2D eigenvalue weighted by atomic mass is 24.3. The van der Waals surface area contributed by atoms with E-state index in [1.165, 1.54) is 12.8 Å². The third-order valence-electron chi connectivity index (χ3n) is 5.03. The number of rotatable bonds is 15. The maximum absolute atomic E-state index is 11.9. The Morgan fingerprint density at radius 1 is 0.792 bits per heavy atom. The summed E-state index contributed by atoms with van der Waals surface area (Å²) in [6, 6.07) is 0. The Morgan fingerprint density at radius 3 is 1.71 bits per heavy atom. The number of hydrogen-bond acceptors (Lipinski definition) is 2. The molecule has 4 nitrogen and oxygen atoms in total.